The van der Waals surface area contributed by atoms with Gasteiger partial charge in [0.15, 0.2) is 9.84 Å². The molecule has 174 valence electrons. The molecule has 1 aliphatic carbocycles. The Labute approximate surface area is 187 Å². The molecular weight excluding hydrogens is 474 g/mol. The van der Waals surface area contributed by atoms with E-state index in [0.717, 1.165) is 30.3 Å². The summed E-state index contributed by atoms with van der Waals surface area (Å²) < 4.78 is 77.8. The van der Waals surface area contributed by atoms with Crippen molar-refractivity contribution in [2.75, 3.05) is 6.54 Å². The molecule has 0 saturated heterocycles. The van der Waals surface area contributed by atoms with Gasteiger partial charge in [0.05, 0.1) is 21.3 Å². The molecule has 0 heterocycles. The number of nitrogens with one attached hydrogen (secondary N) is 1. The molecule has 0 aromatic heterocycles. The molecule has 0 atom stereocenters. The van der Waals surface area contributed by atoms with E-state index in [0.29, 0.717) is 6.07 Å². The molecule has 3 rings (SSSR count). The maximum atomic E-state index is 13.4. The zero-order chi connectivity index (χ0) is 23.7. The monoisotopic (exact) mass is 493 g/mol. The summed E-state index contributed by atoms with van der Waals surface area (Å²) in [6.45, 7) is -0.198. The minimum atomic E-state index is -4.66. The lowest BCUT2D eigenvalue weighted by Gasteiger charge is -2.35. The summed E-state index contributed by atoms with van der Waals surface area (Å²) >= 11 is 5.73. The fourth-order valence-corrected chi connectivity index (χ4v) is 5.71. The number of rotatable bonds is 5. The van der Waals surface area contributed by atoms with E-state index in [9.17, 15) is 35.9 Å². The first-order chi connectivity index (χ1) is 14.8. The average Bonchev–Trinajstić information content (AvgIpc) is 2.71. The number of benzene rings is 2. The molecule has 5 nitrogen and oxygen atoms in total. The molecule has 32 heavy (non-hydrogen) atoms. The van der Waals surface area contributed by atoms with Crippen molar-refractivity contribution in [3.8, 4) is 0 Å². The molecule has 0 radical (unpaired) electrons. The van der Waals surface area contributed by atoms with Crippen LogP contribution in [0.3, 0.4) is 0 Å². The zero-order valence-electron chi connectivity index (χ0n) is 16.6. The second-order valence-electron chi connectivity index (χ2n) is 7.84. The first-order valence-corrected chi connectivity index (χ1v) is 11.6. The molecule has 0 bridgehead atoms. The van der Waals surface area contributed by atoms with Crippen molar-refractivity contribution >= 4 is 27.3 Å². The third-order valence-corrected chi connectivity index (χ3v) is 7.97. The molecule has 0 unspecified atom stereocenters. The van der Waals surface area contributed by atoms with Crippen LogP contribution in [0.5, 0.6) is 0 Å². The number of aliphatic hydroxyl groups is 1. The van der Waals surface area contributed by atoms with Gasteiger partial charge in [-0.2, -0.15) is 13.2 Å². The van der Waals surface area contributed by atoms with Crippen LogP contribution in [0.1, 0.15) is 41.6 Å². The van der Waals surface area contributed by atoms with E-state index >= 15 is 0 Å². The van der Waals surface area contributed by atoms with Gasteiger partial charge >= 0.3 is 6.18 Å². The fraction of sp³-hybridized carbons (Fsp3) is 0.381. The summed E-state index contributed by atoms with van der Waals surface area (Å²) in [5, 5.41) is 12.3. The quantitative estimate of drug-likeness (QED) is 0.606. The van der Waals surface area contributed by atoms with Crippen molar-refractivity contribution in [2.45, 2.75) is 47.6 Å². The summed E-state index contributed by atoms with van der Waals surface area (Å²) in [7, 11) is -4.03. The van der Waals surface area contributed by atoms with Crippen LogP contribution in [0.25, 0.3) is 0 Å². The van der Waals surface area contributed by atoms with Gasteiger partial charge in [0.2, 0.25) is 0 Å². The number of alkyl halides is 3. The van der Waals surface area contributed by atoms with Gasteiger partial charge in [-0.3, -0.25) is 4.79 Å². The van der Waals surface area contributed by atoms with Gasteiger partial charge in [-0.05, 0) is 62.1 Å². The standard InChI is InChI=1S/C21H20ClF4NO4S/c22-15-8-13(9-16(23)11-15)19(28)27-12-20(29)6-4-17(5-7-20)32(30,31)18-3-1-2-14(10-18)21(24,25)26/h1-3,8-11,17,29H,4-7,12H2,(H,27,28). The van der Waals surface area contributed by atoms with Gasteiger partial charge in [0.1, 0.15) is 5.82 Å². The van der Waals surface area contributed by atoms with E-state index in [1.165, 1.54) is 6.07 Å². The van der Waals surface area contributed by atoms with Gasteiger partial charge in [-0.25, -0.2) is 12.8 Å². The highest BCUT2D eigenvalue weighted by molar-refractivity contribution is 7.92. The molecular formula is C21H20ClF4NO4S. The lowest BCUT2D eigenvalue weighted by Crippen LogP contribution is -2.47. The molecule has 2 aromatic carbocycles. The predicted molar refractivity (Wildman–Crippen MR) is 110 cm³/mol. The zero-order valence-corrected chi connectivity index (χ0v) is 18.2. The molecule has 2 N–H and O–H groups in total. The summed E-state index contributed by atoms with van der Waals surface area (Å²) in [5.74, 6) is -1.35. The molecule has 11 heteroatoms. The second-order valence-corrected chi connectivity index (χ2v) is 10.5. The van der Waals surface area contributed by atoms with Crippen LogP contribution >= 0.6 is 11.6 Å². The Kier molecular flexibility index (Phi) is 6.88. The minimum absolute atomic E-state index is 0.0107. The Morgan fingerprint density at radius 3 is 2.41 bits per heavy atom. The first-order valence-electron chi connectivity index (χ1n) is 9.68. The van der Waals surface area contributed by atoms with Crippen LogP contribution in [-0.2, 0) is 16.0 Å². The van der Waals surface area contributed by atoms with E-state index in [1.807, 2.05) is 0 Å². The van der Waals surface area contributed by atoms with Crippen molar-refractivity contribution in [3.05, 3.63) is 64.4 Å². The van der Waals surface area contributed by atoms with Crippen LogP contribution < -0.4 is 5.32 Å². The number of halogens is 5. The number of hydrogen-bond donors (Lipinski definition) is 2. The molecule has 0 aliphatic heterocycles. The van der Waals surface area contributed by atoms with Crippen LogP contribution in [0, 0.1) is 5.82 Å². The van der Waals surface area contributed by atoms with E-state index in [-0.39, 0.29) is 42.8 Å². The number of amides is 1. The van der Waals surface area contributed by atoms with E-state index in [2.05, 4.69) is 5.32 Å². The first kappa shape index (κ1) is 24.5. The summed E-state index contributed by atoms with van der Waals surface area (Å²) in [6.07, 6.45) is -4.62. The van der Waals surface area contributed by atoms with Gasteiger partial charge < -0.3 is 10.4 Å². The Bertz CT molecular complexity index is 1090. The summed E-state index contributed by atoms with van der Waals surface area (Å²) in [5.41, 5.74) is -2.47. The lowest BCUT2D eigenvalue weighted by atomic mass is 9.84. The number of carbonyl (C=O) groups excluding carboxylic acids is 1. The summed E-state index contributed by atoms with van der Waals surface area (Å²) in [4.78, 5) is 11.8. The molecule has 1 saturated carbocycles. The van der Waals surface area contributed by atoms with Gasteiger partial charge in [0.25, 0.3) is 5.91 Å². The lowest BCUT2D eigenvalue weighted by molar-refractivity contribution is -0.137. The predicted octanol–water partition coefficient (Wildman–Crippen LogP) is 4.38. The smallest absolute Gasteiger partial charge is 0.388 e. The van der Waals surface area contributed by atoms with Crippen molar-refractivity contribution in [3.63, 3.8) is 0 Å². The van der Waals surface area contributed by atoms with Gasteiger partial charge in [-0.15, -0.1) is 0 Å². The Balaban J connectivity index is 1.64. The van der Waals surface area contributed by atoms with Gasteiger partial charge in [0, 0.05) is 17.1 Å². The van der Waals surface area contributed by atoms with Crippen molar-refractivity contribution in [1.82, 2.24) is 5.32 Å². The molecule has 1 fully saturated rings. The fourth-order valence-electron chi connectivity index (χ4n) is 3.69. The molecule has 2 aromatic rings. The SMILES string of the molecule is O=C(NCC1(O)CCC(S(=O)(=O)c2cccc(C(F)(F)F)c2)CC1)c1cc(F)cc(Cl)c1. The number of hydrogen-bond acceptors (Lipinski definition) is 4. The summed E-state index contributed by atoms with van der Waals surface area (Å²) in [6, 6.07) is 6.87. The van der Waals surface area contributed by atoms with Crippen molar-refractivity contribution < 1.29 is 35.9 Å². The van der Waals surface area contributed by atoms with Crippen LogP contribution in [0.15, 0.2) is 47.4 Å². The van der Waals surface area contributed by atoms with E-state index in [4.69, 9.17) is 11.6 Å². The number of carbonyl (C=O) groups is 1. The van der Waals surface area contributed by atoms with E-state index in [1.54, 1.807) is 0 Å². The topological polar surface area (TPSA) is 83.5 Å². The largest absolute Gasteiger partial charge is 0.416 e. The number of sulfone groups is 1. The Hall–Kier alpha value is -2.17. The van der Waals surface area contributed by atoms with Gasteiger partial charge in [-0.1, -0.05) is 17.7 Å². The second kappa shape index (κ2) is 8.99. The van der Waals surface area contributed by atoms with Crippen LogP contribution in [0.2, 0.25) is 5.02 Å². The van der Waals surface area contributed by atoms with Crippen molar-refractivity contribution in [1.29, 1.82) is 0 Å². The maximum Gasteiger partial charge on any atom is 0.416 e. The molecule has 0 spiro atoms. The van der Waals surface area contributed by atoms with Crippen LogP contribution in [0.4, 0.5) is 17.6 Å². The third kappa shape index (κ3) is 5.60. The normalized spacial score (nSPS) is 21.9. The Morgan fingerprint density at radius 1 is 1.16 bits per heavy atom. The van der Waals surface area contributed by atoms with Crippen molar-refractivity contribution in [2.24, 2.45) is 0 Å². The maximum absolute atomic E-state index is 13.4. The highest BCUT2D eigenvalue weighted by atomic mass is 35.5. The highest BCUT2D eigenvalue weighted by Crippen LogP contribution is 2.36. The minimum Gasteiger partial charge on any atom is -0.388 e. The Morgan fingerprint density at radius 2 is 1.81 bits per heavy atom. The molecule has 1 amide bonds. The average molecular weight is 494 g/mol. The van der Waals surface area contributed by atoms with E-state index < -0.39 is 49.0 Å². The highest BCUT2D eigenvalue weighted by Gasteiger charge is 2.40. The van der Waals surface area contributed by atoms with Crippen LogP contribution in [-0.4, -0.2) is 36.8 Å². The third-order valence-electron chi connectivity index (χ3n) is 5.49. The molecule has 1 aliphatic rings.